The predicted octanol–water partition coefficient (Wildman–Crippen LogP) is 7.56. The summed E-state index contributed by atoms with van der Waals surface area (Å²) in [5.41, 5.74) is 1.85. The molecule has 1 aliphatic carbocycles. The van der Waals surface area contributed by atoms with Crippen molar-refractivity contribution in [1.29, 1.82) is 0 Å². The largest absolute Gasteiger partial charge is 0.381 e. The zero-order chi connectivity index (χ0) is 22.1. The lowest BCUT2D eigenvalue weighted by Crippen LogP contribution is -2.20. The van der Waals surface area contributed by atoms with Crippen molar-refractivity contribution < 1.29 is 22.3 Å². The van der Waals surface area contributed by atoms with Crippen molar-refractivity contribution in [1.82, 2.24) is 0 Å². The zero-order valence-corrected chi connectivity index (χ0v) is 17.5. The van der Waals surface area contributed by atoms with Gasteiger partial charge >= 0.3 is 0 Å². The number of hydrogen-bond acceptors (Lipinski definition) is 1. The number of hydrogen-bond donors (Lipinski definition) is 0. The molecule has 0 bridgehead atoms. The highest BCUT2D eigenvalue weighted by Gasteiger charge is 2.26. The van der Waals surface area contributed by atoms with E-state index in [2.05, 4.69) is 0 Å². The average molecular weight is 428 g/mol. The van der Waals surface area contributed by atoms with Crippen molar-refractivity contribution >= 4 is 0 Å². The summed E-state index contributed by atoms with van der Waals surface area (Å²) in [5.74, 6) is -3.51. The quantitative estimate of drug-likeness (QED) is 0.390. The van der Waals surface area contributed by atoms with E-state index in [1.54, 1.807) is 43.5 Å². The molecule has 3 aromatic carbocycles. The Morgan fingerprint density at radius 3 is 1.71 bits per heavy atom. The summed E-state index contributed by atoms with van der Waals surface area (Å²) in [6.07, 6.45) is 3.39. The predicted molar refractivity (Wildman–Crippen MR) is 114 cm³/mol. The molecule has 1 fully saturated rings. The van der Waals surface area contributed by atoms with Crippen LogP contribution in [-0.2, 0) is 4.74 Å². The molecule has 0 heterocycles. The zero-order valence-electron chi connectivity index (χ0n) is 17.5. The van der Waals surface area contributed by atoms with Crippen LogP contribution in [0.3, 0.4) is 0 Å². The fraction of sp³-hybridized carbons (Fsp3) is 0.308. The fourth-order valence-corrected chi connectivity index (χ4v) is 4.41. The topological polar surface area (TPSA) is 9.23 Å². The van der Waals surface area contributed by atoms with Crippen LogP contribution in [0.15, 0.2) is 48.5 Å². The molecule has 5 heteroatoms. The molecule has 1 nitrogen and oxygen atoms in total. The maximum absolute atomic E-state index is 14.9. The number of aryl methyl sites for hydroxylation is 1. The van der Waals surface area contributed by atoms with Gasteiger partial charge < -0.3 is 4.74 Å². The summed E-state index contributed by atoms with van der Waals surface area (Å²) in [6.45, 7) is 1.50. The lowest BCUT2D eigenvalue weighted by Gasteiger charge is -2.28. The summed E-state index contributed by atoms with van der Waals surface area (Å²) < 4.78 is 63.3. The monoisotopic (exact) mass is 428 g/mol. The van der Waals surface area contributed by atoms with E-state index < -0.39 is 23.3 Å². The Kier molecular flexibility index (Phi) is 6.15. The third-order valence-electron chi connectivity index (χ3n) is 6.34. The first-order valence-electron chi connectivity index (χ1n) is 10.5. The molecule has 0 atom stereocenters. The van der Waals surface area contributed by atoms with Crippen molar-refractivity contribution in [2.45, 2.75) is 44.6 Å². The van der Waals surface area contributed by atoms with Crippen LogP contribution in [0.2, 0.25) is 0 Å². The molecule has 31 heavy (non-hydrogen) atoms. The number of rotatable bonds is 4. The second-order valence-corrected chi connectivity index (χ2v) is 8.17. The van der Waals surface area contributed by atoms with E-state index in [1.165, 1.54) is 19.1 Å². The number of benzene rings is 3. The van der Waals surface area contributed by atoms with Crippen LogP contribution >= 0.6 is 0 Å². The fourth-order valence-electron chi connectivity index (χ4n) is 4.41. The van der Waals surface area contributed by atoms with Crippen molar-refractivity contribution in [3.05, 3.63) is 82.9 Å². The molecule has 0 spiro atoms. The first-order chi connectivity index (χ1) is 14.9. The molecule has 0 saturated heterocycles. The van der Waals surface area contributed by atoms with Crippen LogP contribution in [0, 0.1) is 30.2 Å². The Hall–Kier alpha value is -2.66. The molecular weight excluding hydrogens is 404 g/mol. The highest BCUT2D eigenvalue weighted by molar-refractivity contribution is 5.71. The SMILES string of the molecule is COC1CCC(c2ccc(-c3ccc(-c4ccc(C)c(F)c4F)cc3)c(F)c2F)CC1. The maximum atomic E-state index is 14.9. The molecule has 162 valence electrons. The van der Waals surface area contributed by atoms with Gasteiger partial charge in [-0.25, -0.2) is 17.6 Å². The minimum Gasteiger partial charge on any atom is -0.381 e. The Bertz CT molecular complexity index is 1080. The smallest absolute Gasteiger partial charge is 0.166 e. The van der Waals surface area contributed by atoms with Gasteiger partial charge in [-0.3, -0.25) is 0 Å². The van der Waals surface area contributed by atoms with Gasteiger partial charge in [0.05, 0.1) is 6.10 Å². The van der Waals surface area contributed by atoms with Crippen LogP contribution in [0.25, 0.3) is 22.3 Å². The van der Waals surface area contributed by atoms with Crippen molar-refractivity contribution in [3.8, 4) is 22.3 Å². The molecule has 0 N–H and O–H groups in total. The lowest BCUT2D eigenvalue weighted by molar-refractivity contribution is 0.0655. The van der Waals surface area contributed by atoms with Gasteiger partial charge in [-0.2, -0.15) is 0 Å². The molecule has 1 saturated carbocycles. The molecule has 1 aliphatic rings. The third kappa shape index (κ3) is 4.11. The van der Waals surface area contributed by atoms with Crippen LogP contribution in [0.1, 0.15) is 42.7 Å². The van der Waals surface area contributed by atoms with E-state index in [0.29, 0.717) is 16.7 Å². The molecule has 0 aromatic heterocycles. The Labute approximate surface area is 179 Å². The van der Waals surface area contributed by atoms with Gasteiger partial charge in [0.1, 0.15) is 0 Å². The van der Waals surface area contributed by atoms with Gasteiger partial charge in [-0.05, 0) is 60.8 Å². The van der Waals surface area contributed by atoms with Crippen molar-refractivity contribution in [2.75, 3.05) is 7.11 Å². The van der Waals surface area contributed by atoms with Gasteiger partial charge in [0.15, 0.2) is 23.3 Å². The lowest BCUT2D eigenvalue weighted by atomic mass is 9.82. The molecule has 4 rings (SSSR count). The number of ether oxygens (including phenoxy) is 1. The highest BCUT2D eigenvalue weighted by Crippen LogP contribution is 2.38. The van der Waals surface area contributed by atoms with Crippen LogP contribution < -0.4 is 0 Å². The number of methoxy groups -OCH3 is 1. The normalized spacial score (nSPS) is 18.9. The Morgan fingerprint density at radius 2 is 1.16 bits per heavy atom. The maximum Gasteiger partial charge on any atom is 0.166 e. The first-order valence-corrected chi connectivity index (χ1v) is 10.5. The van der Waals surface area contributed by atoms with E-state index >= 15 is 0 Å². The molecule has 0 amide bonds. The average Bonchev–Trinajstić information content (AvgIpc) is 2.80. The van der Waals surface area contributed by atoms with E-state index in [-0.39, 0.29) is 28.7 Å². The summed E-state index contributed by atoms with van der Waals surface area (Å²) >= 11 is 0. The van der Waals surface area contributed by atoms with Gasteiger partial charge in [0, 0.05) is 18.2 Å². The summed E-state index contributed by atoms with van der Waals surface area (Å²) in [7, 11) is 1.68. The molecule has 0 radical (unpaired) electrons. The second kappa shape index (κ2) is 8.83. The van der Waals surface area contributed by atoms with Crippen molar-refractivity contribution in [2.24, 2.45) is 0 Å². The van der Waals surface area contributed by atoms with Crippen LogP contribution in [0.4, 0.5) is 17.6 Å². The number of halogens is 4. The minimum absolute atomic E-state index is 0.0169. The van der Waals surface area contributed by atoms with Gasteiger partial charge in [0.2, 0.25) is 0 Å². The summed E-state index contributed by atoms with van der Waals surface area (Å²) in [4.78, 5) is 0. The Balaban J connectivity index is 1.60. The third-order valence-corrected chi connectivity index (χ3v) is 6.34. The molecule has 0 unspecified atom stereocenters. The van der Waals surface area contributed by atoms with Crippen LogP contribution in [-0.4, -0.2) is 13.2 Å². The van der Waals surface area contributed by atoms with Crippen molar-refractivity contribution in [3.63, 3.8) is 0 Å². The minimum atomic E-state index is -0.919. The standard InChI is InChI=1S/C26H24F4O/c1-15-3-12-20(24(28)23(15)27)16-4-6-17(7-5-16)21-13-14-22(26(30)25(21)29)18-8-10-19(31-2)11-9-18/h3-7,12-14,18-19H,8-11H2,1-2H3. The van der Waals surface area contributed by atoms with E-state index in [0.717, 1.165) is 25.7 Å². The molecule has 0 aliphatic heterocycles. The van der Waals surface area contributed by atoms with E-state index in [9.17, 15) is 17.6 Å². The van der Waals surface area contributed by atoms with E-state index in [4.69, 9.17) is 4.74 Å². The van der Waals surface area contributed by atoms with Gasteiger partial charge in [0.25, 0.3) is 0 Å². The first kappa shape index (κ1) is 21.6. The summed E-state index contributed by atoms with van der Waals surface area (Å²) in [5, 5.41) is 0. The highest BCUT2D eigenvalue weighted by atomic mass is 19.2. The second-order valence-electron chi connectivity index (χ2n) is 8.17. The van der Waals surface area contributed by atoms with Gasteiger partial charge in [-0.15, -0.1) is 0 Å². The molecular formula is C26H24F4O. The van der Waals surface area contributed by atoms with Crippen LogP contribution in [0.5, 0.6) is 0 Å². The molecule has 3 aromatic rings. The van der Waals surface area contributed by atoms with Gasteiger partial charge in [-0.1, -0.05) is 48.5 Å². The van der Waals surface area contributed by atoms with E-state index in [1.807, 2.05) is 0 Å². The Morgan fingerprint density at radius 1 is 0.645 bits per heavy atom. The summed E-state index contributed by atoms with van der Waals surface area (Å²) in [6, 6.07) is 12.6.